The Morgan fingerprint density at radius 3 is 2.74 bits per heavy atom. The third-order valence-electron chi connectivity index (χ3n) is 3.89. The van der Waals surface area contributed by atoms with Gasteiger partial charge in [0.25, 0.3) is 0 Å². The summed E-state index contributed by atoms with van der Waals surface area (Å²) in [5.41, 5.74) is -0.108. The van der Waals surface area contributed by atoms with Gasteiger partial charge in [0.2, 0.25) is 11.8 Å². The van der Waals surface area contributed by atoms with Crippen LogP contribution in [0.2, 0.25) is 0 Å². The smallest absolute Gasteiger partial charge is 0.226 e. The highest BCUT2D eigenvalue weighted by atomic mass is 16.5. The highest BCUT2D eigenvalue weighted by Gasteiger charge is 2.20. The molecule has 0 unspecified atom stereocenters. The first kappa shape index (κ1) is 17.9. The molecule has 1 amide bonds. The van der Waals surface area contributed by atoms with Gasteiger partial charge in [-0.25, -0.2) is 0 Å². The molecule has 7 nitrogen and oxygen atoms in total. The Balaban J connectivity index is 1.58. The van der Waals surface area contributed by atoms with E-state index in [0.29, 0.717) is 31.1 Å². The van der Waals surface area contributed by atoms with Crippen LogP contribution in [0.25, 0.3) is 0 Å². The van der Waals surface area contributed by atoms with Gasteiger partial charge in [0, 0.05) is 57.5 Å². The molecule has 23 heavy (non-hydrogen) atoms. The van der Waals surface area contributed by atoms with E-state index in [-0.39, 0.29) is 11.3 Å². The zero-order chi connectivity index (χ0) is 16.7. The Hall–Kier alpha value is -1.47. The van der Waals surface area contributed by atoms with Crippen LogP contribution in [-0.4, -0.2) is 60.2 Å². The molecule has 0 radical (unpaired) electrons. The molecular weight excluding hydrogens is 294 g/mol. The molecule has 2 N–H and O–H groups in total. The molecule has 2 heterocycles. The first-order valence-electron chi connectivity index (χ1n) is 8.48. The second-order valence-corrected chi connectivity index (χ2v) is 7.06. The molecule has 0 aliphatic carbocycles. The largest absolute Gasteiger partial charge is 0.355 e. The molecule has 1 aromatic rings. The van der Waals surface area contributed by atoms with Crippen LogP contribution in [0.3, 0.4) is 0 Å². The molecule has 1 aromatic heterocycles. The molecule has 130 valence electrons. The summed E-state index contributed by atoms with van der Waals surface area (Å²) in [6.45, 7) is 12.0. The molecule has 0 bridgehead atoms. The van der Waals surface area contributed by atoms with E-state index in [1.807, 2.05) is 20.8 Å². The van der Waals surface area contributed by atoms with Crippen LogP contribution >= 0.6 is 0 Å². The zero-order valence-electron chi connectivity index (χ0n) is 14.5. The van der Waals surface area contributed by atoms with E-state index in [1.165, 1.54) is 0 Å². The molecule has 1 aliphatic heterocycles. The fourth-order valence-corrected chi connectivity index (χ4v) is 2.44. The molecule has 1 fully saturated rings. The molecule has 0 aromatic carbocycles. The summed E-state index contributed by atoms with van der Waals surface area (Å²) in [5, 5.41) is 10.3. The highest BCUT2D eigenvalue weighted by Crippen LogP contribution is 2.18. The average molecular weight is 323 g/mol. The average Bonchev–Trinajstić information content (AvgIpc) is 2.97. The first-order chi connectivity index (χ1) is 10.9. The van der Waals surface area contributed by atoms with Gasteiger partial charge in [0.15, 0.2) is 5.82 Å². The van der Waals surface area contributed by atoms with Crippen molar-refractivity contribution >= 4 is 5.91 Å². The highest BCUT2D eigenvalue weighted by molar-refractivity contribution is 5.75. The Morgan fingerprint density at radius 2 is 2.09 bits per heavy atom. The van der Waals surface area contributed by atoms with E-state index in [2.05, 4.69) is 25.7 Å². The summed E-state index contributed by atoms with van der Waals surface area (Å²) < 4.78 is 5.23. The molecule has 0 atom stereocenters. The topological polar surface area (TPSA) is 83.3 Å². The van der Waals surface area contributed by atoms with Gasteiger partial charge in [0.1, 0.15) is 0 Å². The van der Waals surface area contributed by atoms with Gasteiger partial charge in [0.05, 0.1) is 0 Å². The minimum absolute atomic E-state index is 0.0932. The van der Waals surface area contributed by atoms with Gasteiger partial charge < -0.3 is 15.2 Å². The van der Waals surface area contributed by atoms with Crippen molar-refractivity contribution in [2.45, 2.75) is 45.4 Å². The molecule has 0 spiro atoms. The summed E-state index contributed by atoms with van der Waals surface area (Å²) in [6.07, 6.45) is 1.87. The third kappa shape index (κ3) is 6.27. The lowest BCUT2D eigenvalue weighted by molar-refractivity contribution is -0.121. The number of carbonyl (C=O) groups excluding carboxylic acids is 1. The summed E-state index contributed by atoms with van der Waals surface area (Å²) in [5.74, 6) is 1.42. The Labute approximate surface area is 138 Å². The fourth-order valence-electron chi connectivity index (χ4n) is 2.44. The summed E-state index contributed by atoms with van der Waals surface area (Å²) in [7, 11) is 0. The van der Waals surface area contributed by atoms with Crippen LogP contribution in [0.15, 0.2) is 4.52 Å². The lowest BCUT2D eigenvalue weighted by Crippen LogP contribution is -2.46. The monoisotopic (exact) mass is 323 g/mol. The lowest BCUT2D eigenvalue weighted by atomic mass is 9.96. The lowest BCUT2D eigenvalue weighted by Gasteiger charge is -2.27. The van der Waals surface area contributed by atoms with Crippen molar-refractivity contribution in [3.05, 3.63) is 11.7 Å². The van der Waals surface area contributed by atoms with Gasteiger partial charge in [-0.3, -0.25) is 9.69 Å². The first-order valence-corrected chi connectivity index (χ1v) is 8.48. The van der Waals surface area contributed by atoms with Gasteiger partial charge in [-0.05, 0) is 6.42 Å². The van der Waals surface area contributed by atoms with Gasteiger partial charge in [-0.15, -0.1) is 0 Å². The summed E-state index contributed by atoms with van der Waals surface area (Å²) in [4.78, 5) is 18.6. The van der Waals surface area contributed by atoms with Crippen molar-refractivity contribution in [1.29, 1.82) is 0 Å². The number of hydrogen-bond donors (Lipinski definition) is 2. The minimum Gasteiger partial charge on any atom is -0.355 e. The van der Waals surface area contributed by atoms with Crippen LogP contribution in [0, 0.1) is 0 Å². The SMILES string of the molecule is CC(C)(C)c1noc(CCCC(=O)NCCN2CCNCC2)n1. The molecule has 2 rings (SSSR count). The molecule has 1 saturated heterocycles. The number of nitrogens with zero attached hydrogens (tertiary/aromatic N) is 3. The molecule has 7 heteroatoms. The van der Waals surface area contributed by atoms with Crippen LogP contribution in [0.4, 0.5) is 0 Å². The van der Waals surface area contributed by atoms with Gasteiger partial charge in [-0.1, -0.05) is 25.9 Å². The van der Waals surface area contributed by atoms with Crippen LogP contribution in [0.5, 0.6) is 0 Å². The van der Waals surface area contributed by atoms with E-state index < -0.39 is 0 Å². The predicted octanol–water partition coefficient (Wildman–Crippen LogP) is 0.711. The van der Waals surface area contributed by atoms with Crippen molar-refractivity contribution in [2.75, 3.05) is 39.3 Å². The standard InChI is InChI=1S/C16H29N5O2/c1-16(2,3)15-19-14(23-20-15)6-4-5-13(22)18-9-12-21-10-7-17-8-11-21/h17H,4-12H2,1-3H3,(H,18,22). The second kappa shape index (κ2) is 8.40. The van der Waals surface area contributed by atoms with Crippen LogP contribution in [-0.2, 0) is 16.6 Å². The minimum atomic E-state index is -0.108. The van der Waals surface area contributed by atoms with Crippen molar-refractivity contribution in [2.24, 2.45) is 0 Å². The Kier molecular flexibility index (Phi) is 6.53. The Morgan fingerprint density at radius 1 is 1.35 bits per heavy atom. The Bertz CT molecular complexity index is 489. The zero-order valence-corrected chi connectivity index (χ0v) is 14.5. The maximum Gasteiger partial charge on any atom is 0.226 e. The van der Waals surface area contributed by atoms with Crippen molar-refractivity contribution in [1.82, 2.24) is 25.7 Å². The van der Waals surface area contributed by atoms with Crippen LogP contribution < -0.4 is 10.6 Å². The molecule has 0 saturated carbocycles. The normalized spacial score (nSPS) is 16.5. The summed E-state index contributed by atoms with van der Waals surface area (Å²) >= 11 is 0. The van der Waals surface area contributed by atoms with Gasteiger partial charge in [-0.2, -0.15) is 4.98 Å². The maximum atomic E-state index is 11.8. The van der Waals surface area contributed by atoms with Crippen molar-refractivity contribution in [3.8, 4) is 0 Å². The van der Waals surface area contributed by atoms with Gasteiger partial charge >= 0.3 is 0 Å². The number of amides is 1. The second-order valence-electron chi connectivity index (χ2n) is 7.06. The van der Waals surface area contributed by atoms with E-state index in [9.17, 15) is 4.79 Å². The van der Waals surface area contributed by atoms with E-state index in [4.69, 9.17) is 4.52 Å². The third-order valence-corrected chi connectivity index (χ3v) is 3.89. The number of hydrogen-bond acceptors (Lipinski definition) is 6. The fraction of sp³-hybridized carbons (Fsp3) is 0.812. The van der Waals surface area contributed by atoms with E-state index >= 15 is 0 Å². The number of piperazine rings is 1. The summed E-state index contributed by atoms with van der Waals surface area (Å²) in [6, 6.07) is 0. The number of carbonyl (C=O) groups is 1. The number of aryl methyl sites for hydroxylation is 1. The number of rotatable bonds is 7. The van der Waals surface area contributed by atoms with Crippen molar-refractivity contribution in [3.63, 3.8) is 0 Å². The number of nitrogens with one attached hydrogen (secondary N) is 2. The number of aromatic nitrogens is 2. The quantitative estimate of drug-likeness (QED) is 0.769. The molecule has 1 aliphatic rings. The van der Waals surface area contributed by atoms with E-state index in [0.717, 1.165) is 39.1 Å². The molecular formula is C16H29N5O2. The van der Waals surface area contributed by atoms with Crippen molar-refractivity contribution < 1.29 is 9.32 Å². The predicted molar refractivity (Wildman–Crippen MR) is 88.3 cm³/mol. The van der Waals surface area contributed by atoms with Crippen LogP contribution in [0.1, 0.15) is 45.3 Å². The maximum absolute atomic E-state index is 11.8. The van der Waals surface area contributed by atoms with E-state index in [1.54, 1.807) is 0 Å².